The van der Waals surface area contributed by atoms with E-state index >= 15 is 0 Å². The summed E-state index contributed by atoms with van der Waals surface area (Å²) in [5.74, 6) is 0.883. The zero-order valence-electron chi connectivity index (χ0n) is 7.65. The molecule has 0 radical (unpaired) electrons. The third-order valence-electron chi connectivity index (χ3n) is 1.69. The molecule has 1 aromatic carbocycles. The molecule has 68 valence electrons. The van der Waals surface area contributed by atoms with Crippen LogP contribution in [0.5, 0.6) is 5.75 Å². The first-order chi connectivity index (χ1) is 6.27. The number of aromatic nitrogens is 1. The van der Waals surface area contributed by atoms with Gasteiger partial charge in [0.15, 0.2) is 0 Å². The van der Waals surface area contributed by atoms with Crippen LogP contribution in [-0.2, 0) is 0 Å². The van der Waals surface area contributed by atoms with Gasteiger partial charge in [0.25, 0.3) is 0 Å². The minimum atomic E-state index is 0.201. The number of hydrogen-bond donors (Lipinski definition) is 0. The Morgan fingerprint density at radius 2 is 2.23 bits per heavy atom. The summed E-state index contributed by atoms with van der Waals surface area (Å²) in [6.45, 7) is 4.04. The van der Waals surface area contributed by atoms with Crippen molar-refractivity contribution in [3.8, 4) is 5.75 Å². The first kappa shape index (κ1) is 8.51. The first-order valence-corrected chi connectivity index (χ1v) is 5.14. The molecule has 0 atom stereocenters. The molecule has 2 rings (SSSR count). The van der Waals surface area contributed by atoms with Crippen LogP contribution in [0.3, 0.4) is 0 Å². The van der Waals surface area contributed by atoms with Crippen molar-refractivity contribution >= 4 is 21.6 Å². The molecule has 0 unspecified atom stereocenters. The molecule has 0 saturated carbocycles. The van der Waals surface area contributed by atoms with Crippen LogP contribution in [0, 0.1) is 0 Å². The van der Waals surface area contributed by atoms with E-state index in [2.05, 4.69) is 11.1 Å². The zero-order valence-corrected chi connectivity index (χ0v) is 8.47. The van der Waals surface area contributed by atoms with Crippen LogP contribution in [0.4, 0.5) is 0 Å². The summed E-state index contributed by atoms with van der Waals surface area (Å²) < 4.78 is 6.81. The highest BCUT2D eigenvalue weighted by molar-refractivity contribution is 7.16. The maximum absolute atomic E-state index is 5.63. The fourth-order valence-electron chi connectivity index (χ4n) is 1.21. The topological polar surface area (TPSA) is 22.1 Å². The van der Waals surface area contributed by atoms with Gasteiger partial charge in [-0.1, -0.05) is 6.07 Å². The van der Waals surface area contributed by atoms with E-state index < -0.39 is 0 Å². The number of ether oxygens (including phenoxy) is 1. The highest BCUT2D eigenvalue weighted by Gasteiger charge is 2.05. The van der Waals surface area contributed by atoms with Gasteiger partial charge in [-0.15, -0.1) is 11.3 Å². The van der Waals surface area contributed by atoms with E-state index in [1.165, 1.54) is 4.70 Å². The molecule has 0 bridgehead atoms. The van der Waals surface area contributed by atoms with Crippen molar-refractivity contribution in [2.75, 3.05) is 0 Å². The molecule has 0 aliphatic carbocycles. The average molecular weight is 193 g/mol. The molecular formula is C10H11NOS. The number of nitrogens with zero attached hydrogens (tertiary/aromatic N) is 1. The quantitative estimate of drug-likeness (QED) is 0.731. The SMILES string of the molecule is CC(C)Oc1cccc2scnc12. The molecule has 1 aromatic heterocycles. The van der Waals surface area contributed by atoms with Gasteiger partial charge in [0.05, 0.1) is 16.3 Å². The summed E-state index contributed by atoms with van der Waals surface area (Å²) in [6, 6.07) is 6.01. The normalized spacial score (nSPS) is 11.0. The van der Waals surface area contributed by atoms with Gasteiger partial charge in [0, 0.05) is 0 Å². The van der Waals surface area contributed by atoms with Gasteiger partial charge in [-0.25, -0.2) is 4.98 Å². The predicted octanol–water partition coefficient (Wildman–Crippen LogP) is 3.08. The van der Waals surface area contributed by atoms with E-state index in [0.717, 1.165) is 11.3 Å². The molecule has 0 amide bonds. The summed E-state index contributed by atoms with van der Waals surface area (Å²) in [5, 5.41) is 0. The monoisotopic (exact) mass is 193 g/mol. The molecule has 0 saturated heterocycles. The number of hydrogen-bond acceptors (Lipinski definition) is 3. The Balaban J connectivity index is 2.48. The largest absolute Gasteiger partial charge is 0.489 e. The van der Waals surface area contributed by atoms with Crippen molar-refractivity contribution in [3.05, 3.63) is 23.7 Å². The molecule has 0 aliphatic rings. The van der Waals surface area contributed by atoms with Crippen LogP contribution in [0.2, 0.25) is 0 Å². The molecule has 2 aromatic rings. The van der Waals surface area contributed by atoms with Gasteiger partial charge in [-0.3, -0.25) is 0 Å². The van der Waals surface area contributed by atoms with Crippen molar-refractivity contribution < 1.29 is 4.74 Å². The number of fused-ring (bicyclic) bond motifs is 1. The molecular weight excluding hydrogens is 182 g/mol. The Morgan fingerprint density at radius 1 is 1.38 bits per heavy atom. The summed E-state index contributed by atoms with van der Waals surface area (Å²) in [4.78, 5) is 4.27. The maximum Gasteiger partial charge on any atom is 0.146 e. The highest BCUT2D eigenvalue weighted by atomic mass is 32.1. The zero-order chi connectivity index (χ0) is 9.26. The van der Waals surface area contributed by atoms with Crippen LogP contribution in [0.1, 0.15) is 13.8 Å². The first-order valence-electron chi connectivity index (χ1n) is 4.26. The molecule has 3 heteroatoms. The lowest BCUT2D eigenvalue weighted by Crippen LogP contribution is -2.05. The maximum atomic E-state index is 5.63. The molecule has 13 heavy (non-hydrogen) atoms. The Bertz CT molecular complexity index is 408. The average Bonchev–Trinajstić information content (AvgIpc) is 2.51. The number of para-hydroxylation sites is 1. The van der Waals surface area contributed by atoms with Crippen LogP contribution in [-0.4, -0.2) is 11.1 Å². The van der Waals surface area contributed by atoms with E-state index in [4.69, 9.17) is 4.74 Å². The summed E-state index contributed by atoms with van der Waals surface area (Å²) in [7, 11) is 0. The third-order valence-corrected chi connectivity index (χ3v) is 2.48. The number of benzene rings is 1. The van der Waals surface area contributed by atoms with Crippen LogP contribution in [0.25, 0.3) is 10.2 Å². The van der Waals surface area contributed by atoms with Gasteiger partial charge in [-0.05, 0) is 26.0 Å². The highest BCUT2D eigenvalue weighted by Crippen LogP contribution is 2.27. The lowest BCUT2D eigenvalue weighted by molar-refractivity contribution is 0.245. The molecule has 0 N–H and O–H groups in total. The van der Waals surface area contributed by atoms with Crippen molar-refractivity contribution in [2.45, 2.75) is 20.0 Å². The molecule has 0 spiro atoms. The van der Waals surface area contributed by atoms with Crippen molar-refractivity contribution in [3.63, 3.8) is 0 Å². The second-order valence-corrected chi connectivity index (χ2v) is 4.01. The Morgan fingerprint density at radius 3 is 3.00 bits per heavy atom. The van der Waals surface area contributed by atoms with Crippen LogP contribution >= 0.6 is 11.3 Å². The van der Waals surface area contributed by atoms with E-state index in [9.17, 15) is 0 Å². The Hall–Kier alpha value is -1.09. The standard InChI is InChI=1S/C10H11NOS/c1-7(2)12-8-4-3-5-9-10(8)11-6-13-9/h3-7H,1-2H3. The minimum Gasteiger partial charge on any atom is -0.489 e. The van der Waals surface area contributed by atoms with Crippen LogP contribution < -0.4 is 4.74 Å². The van der Waals surface area contributed by atoms with Gasteiger partial charge in [0.2, 0.25) is 0 Å². The Labute approximate surface area is 81.2 Å². The van der Waals surface area contributed by atoms with E-state index in [1.54, 1.807) is 11.3 Å². The second-order valence-electron chi connectivity index (χ2n) is 3.12. The van der Waals surface area contributed by atoms with Crippen molar-refractivity contribution in [1.29, 1.82) is 0 Å². The summed E-state index contributed by atoms with van der Waals surface area (Å²) in [6.07, 6.45) is 0.201. The fraction of sp³-hybridized carbons (Fsp3) is 0.300. The van der Waals surface area contributed by atoms with Crippen molar-refractivity contribution in [2.24, 2.45) is 0 Å². The minimum absolute atomic E-state index is 0.201. The van der Waals surface area contributed by atoms with E-state index in [-0.39, 0.29) is 6.10 Å². The van der Waals surface area contributed by atoms with Gasteiger partial charge >= 0.3 is 0 Å². The van der Waals surface area contributed by atoms with Gasteiger partial charge in [0.1, 0.15) is 11.3 Å². The van der Waals surface area contributed by atoms with Gasteiger partial charge < -0.3 is 4.74 Å². The van der Waals surface area contributed by atoms with Gasteiger partial charge in [-0.2, -0.15) is 0 Å². The molecule has 2 nitrogen and oxygen atoms in total. The molecule has 0 aliphatic heterocycles. The summed E-state index contributed by atoms with van der Waals surface area (Å²) >= 11 is 1.64. The lowest BCUT2D eigenvalue weighted by Gasteiger charge is -2.09. The smallest absolute Gasteiger partial charge is 0.146 e. The second kappa shape index (κ2) is 3.34. The Kier molecular flexibility index (Phi) is 2.19. The predicted molar refractivity (Wildman–Crippen MR) is 55.4 cm³/mol. The van der Waals surface area contributed by atoms with Crippen molar-refractivity contribution in [1.82, 2.24) is 4.98 Å². The third kappa shape index (κ3) is 1.65. The van der Waals surface area contributed by atoms with E-state index in [0.29, 0.717) is 0 Å². The number of rotatable bonds is 2. The fourth-order valence-corrected chi connectivity index (χ4v) is 1.90. The lowest BCUT2D eigenvalue weighted by atomic mass is 10.3. The van der Waals surface area contributed by atoms with Crippen LogP contribution in [0.15, 0.2) is 23.7 Å². The molecule has 0 fully saturated rings. The van der Waals surface area contributed by atoms with E-state index in [1.807, 2.05) is 31.5 Å². The molecule has 1 heterocycles. The number of thiazole rings is 1. The summed E-state index contributed by atoms with van der Waals surface area (Å²) in [5.41, 5.74) is 2.82.